The molecule has 0 bridgehead atoms. The van der Waals surface area contributed by atoms with Gasteiger partial charge in [-0.05, 0) is 30.7 Å². The van der Waals surface area contributed by atoms with Crippen molar-refractivity contribution in [1.82, 2.24) is 10.6 Å². The van der Waals surface area contributed by atoms with Gasteiger partial charge >= 0.3 is 6.18 Å². The van der Waals surface area contributed by atoms with Gasteiger partial charge in [-0.2, -0.15) is 13.2 Å². The van der Waals surface area contributed by atoms with Gasteiger partial charge in [0.05, 0.1) is 17.4 Å². The SMILES string of the molecule is CC(NC(=O)c1ccoc1)C(=O)NCc1ccc(C(F)(F)F)cc1. The van der Waals surface area contributed by atoms with Crippen molar-refractivity contribution in [2.45, 2.75) is 25.7 Å². The highest BCUT2D eigenvalue weighted by atomic mass is 19.4. The molecule has 2 amide bonds. The van der Waals surface area contributed by atoms with Crippen molar-refractivity contribution in [2.75, 3.05) is 0 Å². The van der Waals surface area contributed by atoms with Crippen LogP contribution in [0.2, 0.25) is 0 Å². The van der Waals surface area contributed by atoms with Crippen LogP contribution in [0.25, 0.3) is 0 Å². The van der Waals surface area contributed by atoms with E-state index >= 15 is 0 Å². The Hall–Kier alpha value is -2.77. The molecule has 0 aliphatic heterocycles. The summed E-state index contributed by atoms with van der Waals surface area (Å²) in [4.78, 5) is 23.7. The molecule has 128 valence electrons. The van der Waals surface area contributed by atoms with E-state index in [1.807, 2.05) is 0 Å². The molecule has 2 aromatic rings. The van der Waals surface area contributed by atoms with Crippen LogP contribution in [-0.4, -0.2) is 17.9 Å². The van der Waals surface area contributed by atoms with E-state index in [2.05, 4.69) is 10.6 Å². The lowest BCUT2D eigenvalue weighted by Gasteiger charge is -2.14. The Balaban J connectivity index is 1.85. The van der Waals surface area contributed by atoms with E-state index in [1.165, 1.54) is 37.6 Å². The molecule has 2 N–H and O–H groups in total. The van der Waals surface area contributed by atoms with E-state index in [-0.39, 0.29) is 12.1 Å². The highest BCUT2D eigenvalue weighted by Crippen LogP contribution is 2.29. The molecular formula is C16H15F3N2O3. The molecule has 0 fully saturated rings. The summed E-state index contributed by atoms with van der Waals surface area (Å²) in [6, 6.07) is 5.14. The van der Waals surface area contributed by atoms with Crippen molar-refractivity contribution in [2.24, 2.45) is 0 Å². The van der Waals surface area contributed by atoms with E-state index in [0.717, 1.165) is 12.1 Å². The van der Waals surface area contributed by atoms with Crippen LogP contribution >= 0.6 is 0 Å². The second-order valence-electron chi connectivity index (χ2n) is 5.12. The Labute approximate surface area is 135 Å². The summed E-state index contributed by atoms with van der Waals surface area (Å²) in [5.41, 5.74) is 0.0559. The first-order valence-corrected chi connectivity index (χ1v) is 7.04. The first-order valence-electron chi connectivity index (χ1n) is 7.04. The molecule has 0 radical (unpaired) electrons. The average molecular weight is 340 g/mol. The predicted octanol–water partition coefficient (Wildman–Crippen LogP) is 2.73. The van der Waals surface area contributed by atoms with E-state index in [1.54, 1.807) is 0 Å². The molecule has 0 aliphatic carbocycles. The van der Waals surface area contributed by atoms with Gasteiger partial charge in [0.1, 0.15) is 12.3 Å². The maximum atomic E-state index is 12.5. The molecule has 1 unspecified atom stereocenters. The number of rotatable bonds is 5. The van der Waals surface area contributed by atoms with Gasteiger partial charge in [0.25, 0.3) is 5.91 Å². The maximum Gasteiger partial charge on any atom is 0.416 e. The van der Waals surface area contributed by atoms with Gasteiger partial charge in [0.2, 0.25) is 5.91 Å². The number of carbonyl (C=O) groups is 2. The second-order valence-corrected chi connectivity index (χ2v) is 5.12. The third kappa shape index (κ3) is 4.61. The van der Waals surface area contributed by atoms with Crippen LogP contribution in [0.5, 0.6) is 0 Å². The summed E-state index contributed by atoms with van der Waals surface area (Å²) < 4.78 is 42.2. The fourth-order valence-corrected chi connectivity index (χ4v) is 1.89. The standard InChI is InChI=1S/C16H15F3N2O3/c1-10(21-15(23)12-6-7-24-9-12)14(22)20-8-11-2-4-13(5-3-11)16(17,18)19/h2-7,9-10H,8H2,1H3,(H,20,22)(H,21,23). The molecule has 1 heterocycles. The summed E-state index contributed by atoms with van der Waals surface area (Å²) in [5, 5.41) is 5.04. The summed E-state index contributed by atoms with van der Waals surface area (Å²) in [6.45, 7) is 1.56. The minimum Gasteiger partial charge on any atom is -0.472 e. The van der Waals surface area contributed by atoms with E-state index in [4.69, 9.17) is 4.42 Å². The number of benzene rings is 1. The van der Waals surface area contributed by atoms with Gasteiger partial charge in [-0.3, -0.25) is 9.59 Å². The quantitative estimate of drug-likeness (QED) is 0.879. The first kappa shape index (κ1) is 17.6. The monoisotopic (exact) mass is 340 g/mol. The highest BCUT2D eigenvalue weighted by Gasteiger charge is 2.29. The smallest absolute Gasteiger partial charge is 0.416 e. The number of furan rings is 1. The molecule has 8 heteroatoms. The topological polar surface area (TPSA) is 71.3 Å². The van der Waals surface area contributed by atoms with Gasteiger partial charge in [-0.25, -0.2) is 0 Å². The lowest BCUT2D eigenvalue weighted by molar-refractivity contribution is -0.137. The van der Waals surface area contributed by atoms with Crippen molar-refractivity contribution >= 4 is 11.8 Å². The minimum atomic E-state index is -4.40. The predicted molar refractivity (Wildman–Crippen MR) is 78.9 cm³/mol. The lowest BCUT2D eigenvalue weighted by Crippen LogP contribution is -2.44. The molecule has 0 aliphatic rings. The molecule has 1 atom stereocenters. The molecule has 1 aromatic heterocycles. The van der Waals surface area contributed by atoms with E-state index < -0.39 is 29.6 Å². The molecule has 1 aromatic carbocycles. The van der Waals surface area contributed by atoms with Gasteiger partial charge in [-0.1, -0.05) is 12.1 Å². The number of nitrogens with one attached hydrogen (secondary N) is 2. The second kappa shape index (κ2) is 7.20. The Morgan fingerprint density at radius 2 is 1.83 bits per heavy atom. The van der Waals surface area contributed by atoms with E-state index in [0.29, 0.717) is 5.56 Å². The van der Waals surface area contributed by atoms with Crippen molar-refractivity contribution < 1.29 is 27.2 Å². The Morgan fingerprint density at radius 1 is 1.17 bits per heavy atom. The third-order valence-corrected chi connectivity index (χ3v) is 3.27. The van der Waals surface area contributed by atoms with Crippen LogP contribution in [0, 0.1) is 0 Å². The lowest BCUT2D eigenvalue weighted by atomic mass is 10.1. The summed E-state index contributed by atoms with van der Waals surface area (Å²) in [6.07, 6.45) is -1.81. The molecule has 0 spiro atoms. The highest BCUT2D eigenvalue weighted by molar-refractivity contribution is 5.97. The number of hydrogen-bond donors (Lipinski definition) is 2. The van der Waals surface area contributed by atoms with Gasteiger partial charge in [0.15, 0.2) is 0 Å². The average Bonchev–Trinajstić information content (AvgIpc) is 3.06. The first-order chi connectivity index (χ1) is 11.3. The van der Waals surface area contributed by atoms with Gasteiger partial charge in [0, 0.05) is 6.54 Å². The van der Waals surface area contributed by atoms with Crippen LogP contribution in [0.15, 0.2) is 47.3 Å². The number of alkyl halides is 3. The maximum absolute atomic E-state index is 12.5. The van der Waals surface area contributed by atoms with Crippen molar-refractivity contribution in [3.8, 4) is 0 Å². The number of hydrogen-bond acceptors (Lipinski definition) is 3. The Morgan fingerprint density at radius 3 is 2.38 bits per heavy atom. The largest absolute Gasteiger partial charge is 0.472 e. The zero-order valence-corrected chi connectivity index (χ0v) is 12.7. The number of halogens is 3. The van der Waals surface area contributed by atoms with Crippen LogP contribution in [-0.2, 0) is 17.5 Å². The van der Waals surface area contributed by atoms with Gasteiger partial charge in [-0.15, -0.1) is 0 Å². The molecular weight excluding hydrogens is 325 g/mol. The van der Waals surface area contributed by atoms with Gasteiger partial charge < -0.3 is 15.1 Å². The number of carbonyl (C=O) groups excluding carboxylic acids is 2. The fraction of sp³-hybridized carbons (Fsp3) is 0.250. The third-order valence-electron chi connectivity index (χ3n) is 3.27. The minimum absolute atomic E-state index is 0.0584. The Bertz CT molecular complexity index is 694. The summed E-state index contributed by atoms with van der Waals surface area (Å²) >= 11 is 0. The van der Waals surface area contributed by atoms with Crippen LogP contribution in [0.4, 0.5) is 13.2 Å². The van der Waals surface area contributed by atoms with Crippen molar-refractivity contribution in [1.29, 1.82) is 0 Å². The van der Waals surface area contributed by atoms with Crippen LogP contribution in [0.1, 0.15) is 28.4 Å². The number of amides is 2. The molecule has 5 nitrogen and oxygen atoms in total. The normalized spacial score (nSPS) is 12.5. The van der Waals surface area contributed by atoms with Crippen molar-refractivity contribution in [3.63, 3.8) is 0 Å². The molecule has 2 rings (SSSR count). The zero-order chi connectivity index (χ0) is 17.7. The van der Waals surface area contributed by atoms with Crippen molar-refractivity contribution in [3.05, 3.63) is 59.5 Å². The van der Waals surface area contributed by atoms with Crippen LogP contribution < -0.4 is 10.6 Å². The summed E-state index contributed by atoms with van der Waals surface area (Å²) in [7, 11) is 0. The Kier molecular flexibility index (Phi) is 5.28. The molecule has 24 heavy (non-hydrogen) atoms. The zero-order valence-electron chi connectivity index (χ0n) is 12.7. The fourth-order valence-electron chi connectivity index (χ4n) is 1.89. The molecule has 0 saturated heterocycles. The van der Waals surface area contributed by atoms with Crippen LogP contribution in [0.3, 0.4) is 0 Å². The molecule has 0 saturated carbocycles. The van der Waals surface area contributed by atoms with E-state index in [9.17, 15) is 22.8 Å². The summed E-state index contributed by atoms with van der Waals surface area (Å²) in [5.74, 6) is -0.910.